The summed E-state index contributed by atoms with van der Waals surface area (Å²) in [6.45, 7) is 6.63. The lowest BCUT2D eigenvalue weighted by atomic mass is 9.76. The summed E-state index contributed by atoms with van der Waals surface area (Å²) in [6, 6.07) is 37.8. The maximum atomic E-state index is 14.0. The van der Waals surface area contributed by atoms with Crippen LogP contribution in [0.1, 0.15) is 56.4 Å². The fourth-order valence-corrected chi connectivity index (χ4v) is 5.16. The Kier molecular flexibility index (Phi) is 10.3. The predicted molar refractivity (Wildman–Crippen MR) is 167 cm³/mol. The topological polar surface area (TPSA) is 81.7 Å². The zero-order chi connectivity index (χ0) is 30.9. The molecule has 0 aromatic heterocycles. The first kappa shape index (κ1) is 31.4. The molecule has 6 heteroatoms. The van der Waals surface area contributed by atoms with Crippen molar-refractivity contribution in [3.63, 3.8) is 0 Å². The van der Waals surface area contributed by atoms with E-state index in [9.17, 15) is 14.4 Å². The van der Waals surface area contributed by atoms with Crippen LogP contribution in [0.2, 0.25) is 0 Å². The van der Waals surface area contributed by atoms with Crippen molar-refractivity contribution in [2.45, 2.75) is 57.9 Å². The standard InChI is InChI=1S/C37H39NO5/c1-27(39)32(34(40)43-36(2,3)4)25-33(35(41)42-26-28-17-9-5-10-18-28)38-37(29-19-11-6-12-20-29,30-21-13-7-14-22-30)31-23-15-8-16-24-31/h5-24,32-33,38H,25-26H2,1-4H3/t32-,33+/m1/s1. The van der Waals surface area contributed by atoms with E-state index in [0.717, 1.165) is 22.3 Å². The lowest BCUT2D eigenvalue weighted by molar-refractivity contribution is -0.162. The van der Waals surface area contributed by atoms with Crippen molar-refractivity contribution in [3.05, 3.63) is 144 Å². The number of carbonyl (C=O) groups excluding carboxylic acids is 3. The molecule has 0 unspecified atom stereocenters. The molecule has 0 fully saturated rings. The molecule has 4 aromatic carbocycles. The molecule has 0 bridgehead atoms. The number of hydrogen-bond donors (Lipinski definition) is 1. The van der Waals surface area contributed by atoms with Gasteiger partial charge in [-0.1, -0.05) is 121 Å². The monoisotopic (exact) mass is 577 g/mol. The Morgan fingerprint density at radius 2 is 1.07 bits per heavy atom. The van der Waals surface area contributed by atoms with Crippen LogP contribution >= 0.6 is 0 Å². The van der Waals surface area contributed by atoms with Gasteiger partial charge in [-0.15, -0.1) is 0 Å². The lowest BCUT2D eigenvalue weighted by Crippen LogP contribution is -2.54. The van der Waals surface area contributed by atoms with Crippen LogP contribution in [0.5, 0.6) is 0 Å². The zero-order valence-corrected chi connectivity index (χ0v) is 25.2. The van der Waals surface area contributed by atoms with Gasteiger partial charge in [0.1, 0.15) is 30.0 Å². The van der Waals surface area contributed by atoms with E-state index in [0.29, 0.717) is 0 Å². The minimum atomic E-state index is -1.18. The number of benzene rings is 4. The van der Waals surface area contributed by atoms with Crippen LogP contribution in [0.25, 0.3) is 0 Å². The van der Waals surface area contributed by atoms with Crippen molar-refractivity contribution in [1.29, 1.82) is 0 Å². The summed E-state index contributed by atoms with van der Waals surface area (Å²) in [5, 5.41) is 3.62. The molecule has 0 amide bonds. The van der Waals surface area contributed by atoms with Gasteiger partial charge in [0.15, 0.2) is 0 Å². The number of rotatable bonds is 12. The quantitative estimate of drug-likeness (QED) is 0.116. The lowest BCUT2D eigenvalue weighted by Gasteiger charge is -2.40. The van der Waals surface area contributed by atoms with Crippen LogP contribution in [0.4, 0.5) is 0 Å². The van der Waals surface area contributed by atoms with Crippen molar-refractivity contribution in [2.75, 3.05) is 0 Å². The van der Waals surface area contributed by atoms with Crippen molar-refractivity contribution < 1.29 is 23.9 Å². The molecule has 222 valence electrons. The first-order chi connectivity index (χ1) is 20.6. The average Bonchev–Trinajstić information content (AvgIpc) is 3.01. The Bertz CT molecular complexity index is 1390. The van der Waals surface area contributed by atoms with Gasteiger partial charge in [0.05, 0.1) is 5.54 Å². The molecule has 0 aliphatic heterocycles. The molecule has 0 radical (unpaired) electrons. The first-order valence-corrected chi connectivity index (χ1v) is 14.5. The summed E-state index contributed by atoms with van der Waals surface area (Å²) < 4.78 is 11.5. The number of Topliss-reactive ketones (excluding diaryl/α,β-unsaturated/α-hetero) is 1. The van der Waals surface area contributed by atoms with Crippen LogP contribution in [0.3, 0.4) is 0 Å². The van der Waals surface area contributed by atoms with Crippen LogP contribution in [-0.2, 0) is 36.0 Å². The van der Waals surface area contributed by atoms with Gasteiger partial charge in [0.25, 0.3) is 0 Å². The van der Waals surface area contributed by atoms with Crippen LogP contribution in [0, 0.1) is 5.92 Å². The predicted octanol–water partition coefficient (Wildman–Crippen LogP) is 6.62. The number of carbonyl (C=O) groups is 3. The van der Waals surface area contributed by atoms with Crippen molar-refractivity contribution in [2.24, 2.45) is 5.92 Å². The summed E-state index contributed by atoms with van der Waals surface area (Å²) in [6.07, 6.45) is -0.147. The van der Waals surface area contributed by atoms with Gasteiger partial charge >= 0.3 is 11.9 Å². The fourth-order valence-electron chi connectivity index (χ4n) is 5.16. The van der Waals surface area contributed by atoms with Gasteiger partial charge in [-0.3, -0.25) is 19.7 Å². The summed E-state index contributed by atoms with van der Waals surface area (Å²) in [5.74, 6) is -2.82. The van der Waals surface area contributed by atoms with Gasteiger partial charge in [-0.05, 0) is 56.4 Å². The summed E-state index contributed by atoms with van der Waals surface area (Å²) in [5.41, 5.74) is 1.63. The number of ketones is 1. The maximum absolute atomic E-state index is 14.0. The Balaban J connectivity index is 1.84. The minimum Gasteiger partial charge on any atom is -0.460 e. The number of esters is 2. The van der Waals surface area contributed by atoms with E-state index >= 15 is 0 Å². The normalized spacial score (nSPS) is 13.0. The molecule has 0 heterocycles. The summed E-state index contributed by atoms with van der Waals surface area (Å²) in [7, 11) is 0. The maximum Gasteiger partial charge on any atom is 0.323 e. The van der Waals surface area contributed by atoms with E-state index in [2.05, 4.69) is 5.32 Å². The first-order valence-electron chi connectivity index (χ1n) is 14.5. The van der Waals surface area contributed by atoms with Gasteiger partial charge < -0.3 is 9.47 Å². The van der Waals surface area contributed by atoms with Crippen molar-refractivity contribution in [1.82, 2.24) is 5.32 Å². The largest absolute Gasteiger partial charge is 0.460 e. The van der Waals surface area contributed by atoms with E-state index in [-0.39, 0.29) is 18.8 Å². The molecule has 1 N–H and O–H groups in total. The second-order valence-electron chi connectivity index (χ2n) is 11.6. The molecule has 4 aromatic rings. The van der Waals surface area contributed by atoms with Gasteiger partial charge in [0.2, 0.25) is 0 Å². The average molecular weight is 578 g/mol. The number of ether oxygens (including phenoxy) is 2. The Morgan fingerprint density at radius 1 is 0.651 bits per heavy atom. The van der Waals surface area contributed by atoms with Gasteiger partial charge in [0, 0.05) is 0 Å². The Morgan fingerprint density at radius 3 is 1.47 bits per heavy atom. The molecule has 0 saturated heterocycles. The molecule has 4 rings (SSSR count). The molecule has 0 saturated carbocycles. The highest BCUT2D eigenvalue weighted by molar-refractivity contribution is 5.98. The van der Waals surface area contributed by atoms with E-state index < -0.39 is 35.0 Å². The molecule has 43 heavy (non-hydrogen) atoms. The number of hydrogen-bond acceptors (Lipinski definition) is 6. The van der Waals surface area contributed by atoms with Gasteiger partial charge in [-0.25, -0.2) is 0 Å². The van der Waals surface area contributed by atoms with E-state index in [1.54, 1.807) is 20.8 Å². The van der Waals surface area contributed by atoms with Crippen LogP contribution in [0.15, 0.2) is 121 Å². The van der Waals surface area contributed by atoms with Crippen molar-refractivity contribution in [3.8, 4) is 0 Å². The molecule has 0 spiro atoms. The third-order valence-corrected chi connectivity index (χ3v) is 7.17. The number of nitrogens with one attached hydrogen (secondary N) is 1. The van der Waals surface area contributed by atoms with Crippen LogP contribution < -0.4 is 5.32 Å². The molecule has 0 aliphatic carbocycles. The third kappa shape index (κ3) is 8.05. The third-order valence-electron chi connectivity index (χ3n) is 7.17. The summed E-state index contributed by atoms with van der Waals surface area (Å²) in [4.78, 5) is 40.2. The molecular weight excluding hydrogens is 538 g/mol. The fraction of sp³-hybridized carbons (Fsp3) is 0.270. The highest BCUT2D eigenvalue weighted by Gasteiger charge is 2.43. The Labute approximate surface area is 254 Å². The highest BCUT2D eigenvalue weighted by atomic mass is 16.6. The van der Waals surface area contributed by atoms with E-state index in [1.165, 1.54) is 6.92 Å². The van der Waals surface area contributed by atoms with E-state index in [1.807, 2.05) is 121 Å². The smallest absolute Gasteiger partial charge is 0.323 e. The minimum absolute atomic E-state index is 0.0457. The second-order valence-corrected chi connectivity index (χ2v) is 11.6. The van der Waals surface area contributed by atoms with Crippen LogP contribution in [-0.4, -0.2) is 29.4 Å². The molecule has 0 aliphatic rings. The van der Waals surface area contributed by atoms with Gasteiger partial charge in [-0.2, -0.15) is 0 Å². The molecule has 2 atom stereocenters. The Hall–Kier alpha value is -4.55. The highest BCUT2D eigenvalue weighted by Crippen LogP contribution is 2.38. The molecular formula is C37H39NO5. The summed E-state index contributed by atoms with van der Waals surface area (Å²) >= 11 is 0. The second kappa shape index (κ2) is 14.1. The van der Waals surface area contributed by atoms with E-state index in [4.69, 9.17) is 9.47 Å². The SMILES string of the molecule is CC(=O)[C@@H](C[C@H](NC(c1ccccc1)(c1ccccc1)c1ccccc1)C(=O)OCc1ccccc1)C(=O)OC(C)(C)C. The van der Waals surface area contributed by atoms with Crippen molar-refractivity contribution >= 4 is 17.7 Å². The zero-order valence-electron chi connectivity index (χ0n) is 25.2. The molecule has 6 nitrogen and oxygen atoms in total.